The van der Waals surface area contributed by atoms with Crippen LogP contribution in [0.5, 0.6) is 0 Å². The summed E-state index contributed by atoms with van der Waals surface area (Å²) in [5.41, 5.74) is 0.547. The second-order valence-corrected chi connectivity index (χ2v) is 13.5. The van der Waals surface area contributed by atoms with E-state index in [4.69, 9.17) is 4.43 Å². The predicted octanol–water partition coefficient (Wildman–Crippen LogP) is 5.64. The first kappa shape index (κ1) is 17.0. The Morgan fingerprint density at radius 2 is 1.79 bits per heavy atom. The van der Waals surface area contributed by atoms with E-state index in [1.54, 1.807) is 0 Å². The predicted molar refractivity (Wildman–Crippen MR) is 88.0 cm³/mol. The molecule has 1 aliphatic carbocycles. The molecule has 0 aromatic carbocycles. The molecule has 0 spiro atoms. The summed E-state index contributed by atoms with van der Waals surface area (Å²) in [6.45, 7) is 23.8. The smallest absolute Gasteiger partial charge is 0.191 e. The Morgan fingerprint density at radius 1 is 1.26 bits per heavy atom. The van der Waals surface area contributed by atoms with Crippen molar-refractivity contribution in [1.29, 1.82) is 0 Å². The highest BCUT2D eigenvalue weighted by Crippen LogP contribution is 2.56. The largest absolute Gasteiger partial charge is 0.417 e. The molecule has 0 saturated heterocycles. The molecule has 0 aromatic heterocycles. The van der Waals surface area contributed by atoms with Crippen LogP contribution in [-0.4, -0.2) is 14.9 Å². The zero-order valence-corrected chi connectivity index (χ0v) is 15.4. The number of rotatable bonds is 4. The lowest BCUT2D eigenvalue weighted by atomic mass is 9.66. The SMILES string of the molecule is C=C[C@]1(C)CC[C@H](CO[Si](C)(C)C(C)(C)C)C1(C)C. The summed E-state index contributed by atoms with van der Waals surface area (Å²) in [4.78, 5) is 0. The van der Waals surface area contributed by atoms with E-state index >= 15 is 0 Å². The molecule has 0 N–H and O–H groups in total. The van der Waals surface area contributed by atoms with Gasteiger partial charge in [-0.3, -0.25) is 0 Å². The molecule has 1 aliphatic rings. The molecule has 1 saturated carbocycles. The van der Waals surface area contributed by atoms with Crippen LogP contribution in [0.3, 0.4) is 0 Å². The number of hydrogen-bond acceptors (Lipinski definition) is 1. The van der Waals surface area contributed by atoms with Crippen LogP contribution in [-0.2, 0) is 4.43 Å². The molecular formula is C17H34OSi. The minimum atomic E-state index is -1.62. The zero-order chi connectivity index (χ0) is 15.1. The molecule has 0 radical (unpaired) electrons. The van der Waals surface area contributed by atoms with Gasteiger partial charge in [-0.1, -0.05) is 47.6 Å². The molecule has 0 aliphatic heterocycles. The van der Waals surface area contributed by atoms with Gasteiger partial charge in [0.15, 0.2) is 8.32 Å². The highest BCUT2D eigenvalue weighted by molar-refractivity contribution is 6.74. The Balaban J connectivity index is 2.74. The van der Waals surface area contributed by atoms with Crippen LogP contribution in [0.4, 0.5) is 0 Å². The first-order valence-electron chi connectivity index (χ1n) is 7.65. The summed E-state index contributed by atoms with van der Waals surface area (Å²) in [5, 5.41) is 0.303. The summed E-state index contributed by atoms with van der Waals surface area (Å²) in [5.74, 6) is 0.657. The van der Waals surface area contributed by atoms with Gasteiger partial charge in [0.1, 0.15) is 0 Å². The highest BCUT2D eigenvalue weighted by atomic mass is 28.4. The molecule has 1 fully saturated rings. The van der Waals surface area contributed by atoms with Gasteiger partial charge in [0.05, 0.1) is 0 Å². The van der Waals surface area contributed by atoms with Gasteiger partial charge in [-0.2, -0.15) is 0 Å². The second-order valence-electron chi connectivity index (χ2n) is 8.65. The van der Waals surface area contributed by atoms with Crippen LogP contribution in [0.2, 0.25) is 18.1 Å². The topological polar surface area (TPSA) is 9.23 Å². The molecule has 0 aromatic rings. The average molecular weight is 283 g/mol. The van der Waals surface area contributed by atoms with Gasteiger partial charge in [-0.15, -0.1) is 6.58 Å². The maximum atomic E-state index is 6.46. The molecule has 2 heteroatoms. The Bertz CT molecular complexity index is 338. The molecular weight excluding hydrogens is 248 g/mol. The summed E-state index contributed by atoms with van der Waals surface area (Å²) >= 11 is 0. The van der Waals surface area contributed by atoms with Gasteiger partial charge in [0.25, 0.3) is 0 Å². The first-order valence-corrected chi connectivity index (χ1v) is 10.6. The first-order chi connectivity index (χ1) is 8.37. The normalized spacial score (nSPS) is 31.5. The lowest BCUT2D eigenvalue weighted by molar-refractivity contribution is 0.0899. The average Bonchev–Trinajstić information content (AvgIpc) is 2.47. The van der Waals surface area contributed by atoms with Crippen LogP contribution >= 0.6 is 0 Å². The van der Waals surface area contributed by atoms with Crippen molar-refractivity contribution in [2.75, 3.05) is 6.61 Å². The number of allylic oxidation sites excluding steroid dienone is 1. The molecule has 19 heavy (non-hydrogen) atoms. The summed E-state index contributed by atoms with van der Waals surface area (Å²) in [6.07, 6.45) is 4.68. The minimum Gasteiger partial charge on any atom is -0.417 e. The van der Waals surface area contributed by atoms with Crippen LogP contribution in [0, 0.1) is 16.7 Å². The summed E-state index contributed by atoms with van der Waals surface area (Å²) < 4.78 is 6.46. The van der Waals surface area contributed by atoms with Crippen molar-refractivity contribution in [1.82, 2.24) is 0 Å². The van der Waals surface area contributed by atoms with Crippen LogP contribution in [0.15, 0.2) is 12.7 Å². The Labute approximate surface area is 122 Å². The lowest BCUT2D eigenvalue weighted by Gasteiger charge is -2.42. The maximum absolute atomic E-state index is 6.46. The minimum absolute atomic E-state index is 0.258. The van der Waals surface area contributed by atoms with Crippen molar-refractivity contribution in [2.24, 2.45) is 16.7 Å². The monoisotopic (exact) mass is 282 g/mol. The Kier molecular flexibility index (Phi) is 4.50. The highest BCUT2D eigenvalue weighted by Gasteiger charge is 2.50. The van der Waals surface area contributed by atoms with E-state index in [0.29, 0.717) is 11.0 Å². The van der Waals surface area contributed by atoms with Crippen molar-refractivity contribution in [3.05, 3.63) is 12.7 Å². The molecule has 0 bridgehead atoms. The van der Waals surface area contributed by atoms with E-state index in [1.165, 1.54) is 12.8 Å². The fourth-order valence-corrected chi connectivity index (χ4v) is 3.86. The Morgan fingerprint density at radius 3 is 2.16 bits per heavy atom. The van der Waals surface area contributed by atoms with Gasteiger partial charge in [0, 0.05) is 6.61 Å². The Hall–Kier alpha value is -0.0831. The van der Waals surface area contributed by atoms with Crippen molar-refractivity contribution in [2.45, 2.75) is 72.5 Å². The van der Waals surface area contributed by atoms with Crippen molar-refractivity contribution < 1.29 is 4.43 Å². The van der Waals surface area contributed by atoms with Gasteiger partial charge >= 0.3 is 0 Å². The third-order valence-electron chi connectivity index (χ3n) is 6.41. The van der Waals surface area contributed by atoms with Crippen molar-refractivity contribution in [3.63, 3.8) is 0 Å². The standard InChI is InChI=1S/C17H34OSi/c1-10-17(7)12-11-14(16(17,5)6)13-18-19(8,9)15(2,3)4/h10,14H,1,11-13H2,2-9H3/t14-,17-/m1/s1. The molecule has 0 amide bonds. The van der Waals surface area contributed by atoms with Gasteiger partial charge in [0.2, 0.25) is 0 Å². The molecule has 112 valence electrons. The van der Waals surface area contributed by atoms with E-state index in [9.17, 15) is 0 Å². The van der Waals surface area contributed by atoms with Gasteiger partial charge < -0.3 is 4.43 Å². The van der Waals surface area contributed by atoms with E-state index in [0.717, 1.165) is 6.61 Å². The zero-order valence-electron chi connectivity index (χ0n) is 14.4. The molecule has 0 heterocycles. The molecule has 1 nitrogen and oxygen atoms in total. The van der Waals surface area contributed by atoms with Crippen LogP contribution < -0.4 is 0 Å². The summed E-state index contributed by atoms with van der Waals surface area (Å²) in [6, 6.07) is 0. The second kappa shape index (κ2) is 5.03. The fourth-order valence-electron chi connectivity index (χ4n) is 2.81. The quantitative estimate of drug-likeness (QED) is 0.479. The van der Waals surface area contributed by atoms with Crippen molar-refractivity contribution in [3.8, 4) is 0 Å². The third-order valence-corrected chi connectivity index (χ3v) is 10.9. The van der Waals surface area contributed by atoms with Gasteiger partial charge in [-0.05, 0) is 47.7 Å². The molecule has 0 unspecified atom stereocenters. The van der Waals surface area contributed by atoms with E-state index < -0.39 is 8.32 Å². The summed E-state index contributed by atoms with van der Waals surface area (Å²) in [7, 11) is -1.62. The molecule has 1 rings (SSSR count). The maximum Gasteiger partial charge on any atom is 0.191 e. The third kappa shape index (κ3) is 3.00. The van der Waals surface area contributed by atoms with Gasteiger partial charge in [-0.25, -0.2) is 0 Å². The van der Waals surface area contributed by atoms with E-state index in [2.05, 4.69) is 67.3 Å². The van der Waals surface area contributed by atoms with E-state index in [1.807, 2.05) is 0 Å². The van der Waals surface area contributed by atoms with Crippen LogP contribution in [0.25, 0.3) is 0 Å². The molecule has 2 atom stereocenters. The lowest BCUT2D eigenvalue weighted by Crippen LogP contribution is -2.43. The van der Waals surface area contributed by atoms with Crippen molar-refractivity contribution >= 4 is 8.32 Å². The fraction of sp³-hybridized carbons (Fsp3) is 0.882. The van der Waals surface area contributed by atoms with E-state index in [-0.39, 0.29) is 10.8 Å². The van der Waals surface area contributed by atoms with Crippen LogP contribution in [0.1, 0.15) is 54.4 Å². The number of hydrogen-bond donors (Lipinski definition) is 0.